The molecule has 3 heteroatoms. The molecule has 1 aromatic heterocycles. The number of hydrogen-bond donors (Lipinski definition) is 0. The van der Waals surface area contributed by atoms with E-state index in [1.165, 1.54) is 16.8 Å². The summed E-state index contributed by atoms with van der Waals surface area (Å²) in [7, 11) is 0. The molecular formula is C18H17N3. The first-order valence-corrected chi connectivity index (χ1v) is 7.46. The number of benzene rings is 2. The predicted octanol–water partition coefficient (Wildman–Crippen LogP) is 3.89. The number of para-hydroxylation sites is 1. The Morgan fingerprint density at radius 3 is 2.90 bits per heavy atom. The number of aryl methyl sites for hydroxylation is 1. The third-order valence-corrected chi connectivity index (χ3v) is 4.23. The Morgan fingerprint density at radius 2 is 2.00 bits per heavy atom. The lowest BCUT2D eigenvalue weighted by Crippen LogP contribution is -2.15. The van der Waals surface area contributed by atoms with Crippen molar-refractivity contribution in [3.05, 3.63) is 59.9 Å². The summed E-state index contributed by atoms with van der Waals surface area (Å²) in [5.41, 5.74) is 5.02. The van der Waals surface area contributed by atoms with Gasteiger partial charge >= 0.3 is 0 Å². The minimum atomic E-state index is 0.988. The Bertz CT molecular complexity index is 810. The molecule has 0 saturated heterocycles. The van der Waals surface area contributed by atoms with Gasteiger partial charge in [0.05, 0.1) is 5.52 Å². The molecule has 104 valence electrons. The third-order valence-electron chi connectivity index (χ3n) is 4.23. The first kappa shape index (κ1) is 12.3. The van der Waals surface area contributed by atoms with Crippen LogP contribution in [0.3, 0.4) is 0 Å². The Kier molecular flexibility index (Phi) is 2.85. The summed E-state index contributed by atoms with van der Waals surface area (Å²) in [6, 6.07) is 15.1. The second-order valence-corrected chi connectivity index (χ2v) is 5.43. The van der Waals surface area contributed by atoms with Crippen LogP contribution < -0.4 is 4.90 Å². The van der Waals surface area contributed by atoms with Gasteiger partial charge in [0.2, 0.25) is 0 Å². The van der Waals surface area contributed by atoms with E-state index >= 15 is 0 Å². The van der Waals surface area contributed by atoms with Gasteiger partial charge in [0.15, 0.2) is 0 Å². The topological polar surface area (TPSA) is 29.0 Å². The first-order chi connectivity index (χ1) is 10.4. The van der Waals surface area contributed by atoms with Crippen LogP contribution in [0.4, 0.5) is 11.5 Å². The highest BCUT2D eigenvalue weighted by atomic mass is 15.2. The zero-order valence-electron chi connectivity index (χ0n) is 12.1. The standard InChI is InChI=1S/C18H17N3/c1-2-13-7-8-16-15(11-13)18(20-12-19-16)21-10-9-14-5-3-4-6-17(14)21/h3-8,11-12H,2,9-10H2,1H3. The summed E-state index contributed by atoms with van der Waals surface area (Å²) in [4.78, 5) is 11.3. The number of aromatic nitrogens is 2. The highest BCUT2D eigenvalue weighted by Gasteiger charge is 2.22. The van der Waals surface area contributed by atoms with Crippen molar-refractivity contribution in [3.8, 4) is 0 Å². The van der Waals surface area contributed by atoms with Gasteiger partial charge in [-0.3, -0.25) is 0 Å². The summed E-state index contributed by atoms with van der Waals surface area (Å²) in [5, 5.41) is 1.15. The maximum absolute atomic E-state index is 4.58. The zero-order valence-corrected chi connectivity index (χ0v) is 12.1. The van der Waals surface area contributed by atoms with Crippen LogP contribution >= 0.6 is 0 Å². The lowest BCUT2D eigenvalue weighted by molar-refractivity contribution is 0.974. The second kappa shape index (κ2) is 4.85. The lowest BCUT2D eigenvalue weighted by Gasteiger charge is -2.20. The molecule has 2 heterocycles. The van der Waals surface area contributed by atoms with Gasteiger partial charge in [-0.1, -0.05) is 31.2 Å². The number of hydrogen-bond acceptors (Lipinski definition) is 3. The molecule has 1 aliphatic rings. The molecule has 0 unspecified atom stereocenters. The number of nitrogens with zero attached hydrogens (tertiary/aromatic N) is 3. The van der Waals surface area contributed by atoms with Crippen molar-refractivity contribution < 1.29 is 0 Å². The molecule has 0 bridgehead atoms. The predicted molar refractivity (Wildman–Crippen MR) is 86.1 cm³/mol. The van der Waals surface area contributed by atoms with Gasteiger partial charge in [-0.25, -0.2) is 9.97 Å². The average Bonchev–Trinajstić information content (AvgIpc) is 2.97. The van der Waals surface area contributed by atoms with E-state index in [0.29, 0.717) is 0 Å². The molecular weight excluding hydrogens is 258 g/mol. The van der Waals surface area contributed by atoms with E-state index in [9.17, 15) is 0 Å². The van der Waals surface area contributed by atoms with Crippen LogP contribution in [0.5, 0.6) is 0 Å². The van der Waals surface area contributed by atoms with Crippen molar-refractivity contribution in [1.82, 2.24) is 9.97 Å². The van der Waals surface area contributed by atoms with E-state index in [4.69, 9.17) is 0 Å². The van der Waals surface area contributed by atoms with Crippen LogP contribution in [0.15, 0.2) is 48.8 Å². The van der Waals surface area contributed by atoms with Crippen LogP contribution in [-0.2, 0) is 12.8 Å². The SMILES string of the molecule is CCc1ccc2ncnc(N3CCc4ccccc43)c2c1. The van der Waals surface area contributed by atoms with Crippen LogP contribution in [0.25, 0.3) is 10.9 Å². The van der Waals surface area contributed by atoms with Gasteiger partial charge < -0.3 is 4.90 Å². The molecule has 21 heavy (non-hydrogen) atoms. The highest BCUT2D eigenvalue weighted by Crippen LogP contribution is 2.36. The molecule has 4 rings (SSSR count). The maximum Gasteiger partial charge on any atom is 0.144 e. The van der Waals surface area contributed by atoms with Crippen LogP contribution in [0, 0.1) is 0 Å². The first-order valence-electron chi connectivity index (χ1n) is 7.46. The van der Waals surface area contributed by atoms with Gasteiger partial charge in [-0.2, -0.15) is 0 Å². The summed E-state index contributed by atoms with van der Waals surface area (Å²) < 4.78 is 0. The van der Waals surface area contributed by atoms with Crippen molar-refractivity contribution in [2.45, 2.75) is 19.8 Å². The molecule has 1 aliphatic heterocycles. The molecule has 0 radical (unpaired) electrons. The summed E-state index contributed by atoms with van der Waals surface area (Å²) >= 11 is 0. The Morgan fingerprint density at radius 1 is 1.10 bits per heavy atom. The fraction of sp³-hybridized carbons (Fsp3) is 0.222. The minimum absolute atomic E-state index is 0.988. The molecule has 0 atom stereocenters. The molecule has 0 amide bonds. The van der Waals surface area contributed by atoms with E-state index in [1.807, 2.05) is 0 Å². The normalized spacial score (nSPS) is 13.7. The second-order valence-electron chi connectivity index (χ2n) is 5.43. The minimum Gasteiger partial charge on any atom is -0.325 e. The van der Waals surface area contributed by atoms with E-state index in [-0.39, 0.29) is 0 Å². The molecule has 0 saturated carbocycles. The van der Waals surface area contributed by atoms with E-state index in [0.717, 1.165) is 36.1 Å². The Balaban J connectivity index is 1.91. The fourth-order valence-electron chi connectivity index (χ4n) is 3.08. The van der Waals surface area contributed by atoms with Gasteiger partial charge in [0.1, 0.15) is 12.1 Å². The van der Waals surface area contributed by atoms with Gasteiger partial charge in [0.25, 0.3) is 0 Å². The molecule has 0 N–H and O–H groups in total. The fourth-order valence-corrected chi connectivity index (χ4v) is 3.08. The number of anilines is 2. The summed E-state index contributed by atoms with van der Waals surface area (Å²) in [6.45, 7) is 3.16. The molecule has 0 aliphatic carbocycles. The zero-order chi connectivity index (χ0) is 14.2. The quantitative estimate of drug-likeness (QED) is 0.710. The maximum atomic E-state index is 4.58. The van der Waals surface area contributed by atoms with Gasteiger partial charge in [0, 0.05) is 17.6 Å². The number of fused-ring (bicyclic) bond motifs is 2. The molecule has 2 aromatic carbocycles. The molecule has 3 aromatic rings. The molecule has 0 spiro atoms. The molecule has 0 fully saturated rings. The van der Waals surface area contributed by atoms with Crippen LogP contribution in [0.1, 0.15) is 18.1 Å². The lowest BCUT2D eigenvalue weighted by atomic mass is 10.1. The Hall–Kier alpha value is -2.42. The highest BCUT2D eigenvalue weighted by molar-refractivity contribution is 5.92. The van der Waals surface area contributed by atoms with Crippen LogP contribution in [0.2, 0.25) is 0 Å². The summed E-state index contributed by atoms with van der Waals surface area (Å²) in [5.74, 6) is 1.03. The average molecular weight is 275 g/mol. The van der Waals surface area contributed by atoms with E-state index < -0.39 is 0 Å². The Labute approximate surface area is 124 Å². The van der Waals surface area contributed by atoms with Crippen molar-refractivity contribution >= 4 is 22.4 Å². The van der Waals surface area contributed by atoms with Crippen molar-refractivity contribution in [1.29, 1.82) is 0 Å². The van der Waals surface area contributed by atoms with Gasteiger partial charge in [-0.15, -0.1) is 0 Å². The monoisotopic (exact) mass is 275 g/mol. The number of rotatable bonds is 2. The van der Waals surface area contributed by atoms with Gasteiger partial charge in [-0.05, 0) is 42.2 Å². The van der Waals surface area contributed by atoms with Crippen molar-refractivity contribution in [2.75, 3.05) is 11.4 Å². The van der Waals surface area contributed by atoms with Crippen molar-refractivity contribution in [3.63, 3.8) is 0 Å². The third kappa shape index (κ3) is 1.97. The van der Waals surface area contributed by atoms with Crippen LogP contribution in [-0.4, -0.2) is 16.5 Å². The summed E-state index contributed by atoms with van der Waals surface area (Å²) in [6.07, 6.45) is 3.78. The van der Waals surface area contributed by atoms with E-state index in [1.54, 1.807) is 6.33 Å². The van der Waals surface area contributed by atoms with Crippen molar-refractivity contribution in [2.24, 2.45) is 0 Å². The largest absolute Gasteiger partial charge is 0.325 e. The van der Waals surface area contributed by atoms with E-state index in [2.05, 4.69) is 64.3 Å². The molecule has 3 nitrogen and oxygen atoms in total. The smallest absolute Gasteiger partial charge is 0.144 e.